The third-order valence-corrected chi connectivity index (χ3v) is 2.76. The maximum Gasteiger partial charge on any atom is 0.308 e. The van der Waals surface area contributed by atoms with Crippen LogP contribution in [0, 0.1) is 0 Å². The van der Waals surface area contributed by atoms with Crippen LogP contribution in [0.3, 0.4) is 0 Å². The van der Waals surface area contributed by atoms with Crippen molar-refractivity contribution in [1.29, 1.82) is 0 Å². The molecule has 0 saturated carbocycles. The van der Waals surface area contributed by atoms with E-state index in [1.54, 1.807) is 0 Å². The van der Waals surface area contributed by atoms with Crippen molar-refractivity contribution < 1.29 is 9.90 Å². The predicted octanol–water partition coefficient (Wildman–Crippen LogP) is 1.18. The summed E-state index contributed by atoms with van der Waals surface area (Å²) in [5.41, 5.74) is 0.969. The van der Waals surface area contributed by atoms with E-state index in [1.807, 2.05) is 30.3 Å². The molecule has 2 aromatic rings. The molecular weight excluding hydrogens is 244 g/mol. The van der Waals surface area contributed by atoms with E-state index in [0.29, 0.717) is 12.2 Å². The first-order chi connectivity index (χ1) is 9.15. The minimum Gasteiger partial charge on any atom is -0.481 e. The molecule has 0 bridgehead atoms. The Balaban J connectivity index is 2.04. The zero-order valence-electron chi connectivity index (χ0n) is 10.3. The summed E-state index contributed by atoms with van der Waals surface area (Å²) in [7, 11) is 0. The van der Waals surface area contributed by atoms with E-state index in [1.165, 1.54) is 11.8 Å². The smallest absolute Gasteiger partial charge is 0.308 e. The molecule has 1 aromatic carbocycles. The highest BCUT2D eigenvalue weighted by atomic mass is 16.4. The fourth-order valence-electron chi connectivity index (χ4n) is 1.78. The summed E-state index contributed by atoms with van der Waals surface area (Å²) in [5, 5.41) is 8.63. The molecule has 0 fully saturated rings. The van der Waals surface area contributed by atoms with Crippen molar-refractivity contribution in [3.63, 3.8) is 0 Å². The molecule has 0 spiro atoms. The van der Waals surface area contributed by atoms with Crippen molar-refractivity contribution in [2.24, 2.45) is 0 Å². The molecule has 0 atom stereocenters. The number of carboxylic acids is 1. The van der Waals surface area contributed by atoms with E-state index in [-0.39, 0.29) is 17.5 Å². The van der Waals surface area contributed by atoms with Gasteiger partial charge in [-0.3, -0.25) is 9.59 Å². The lowest BCUT2D eigenvalue weighted by Crippen LogP contribution is -2.19. The number of H-pyrrole nitrogens is 1. The van der Waals surface area contributed by atoms with Crippen molar-refractivity contribution in [2.75, 3.05) is 0 Å². The SMILES string of the molecule is O=C(O)Cc1cnc(CCc2ccccc2)[nH]c1=O. The average molecular weight is 258 g/mol. The van der Waals surface area contributed by atoms with Gasteiger partial charge in [-0.1, -0.05) is 30.3 Å². The largest absolute Gasteiger partial charge is 0.481 e. The highest BCUT2D eigenvalue weighted by molar-refractivity contribution is 5.69. The molecule has 0 aliphatic carbocycles. The molecule has 5 nitrogen and oxygen atoms in total. The van der Waals surface area contributed by atoms with Gasteiger partial charge in [-0.25, -0.2) is 4.98 Å². The Bertz CT molecular complexity index is 620. The number of benzene rings is 1. The van der Waals surface area contributed by atoms with Crippen LogP contribution >= 0.6 is 0 Å². The number of aryl methyl sites for hydroxylation is 2. The van der Waals surface area contributed by atoms with Crippen LogP contribution in [0.2, 0.25) is 0 Å². The van der Waals surface area contributed by atoms with E-state index in [9.17, 15) is 9.59 Å². The molecule has 0 amide bonds. The number of carboxylic acid groups (broad SMARTS) is 1. The van der Waals surface area contributed by atoms with Gasteiger partial charge >= 0.3 is 5.97 Å². The van der Waals surface area contributed by atoms with Crippen molar-refractivity contribution >= 4 is 5.97 Å². The van der Waals surface area contributed by atoms with Crippen molar-refractivity contribution in [1.82, 2.24) is 9.97 Å². The molecule has 2 rings (SSSR count). The molecule has 19 heavy (non-hydrogen) atoms. The molecule has 1 aromatic heterocycles. The number of hydrogen-bond acceptors (Lipinski definition) is 3. The zero-order chi connectivity index (χ0) is 13.7. The number of rotatable bonds is 5. The first kappa shape index (κ1) is 13.0. The van der Waals surface area contributed by atoms with Gasteiger partial charge in [0.2, 0.25) is 0 Å². The maximum atomic E-state index is 11.6. The standard InChI is InChI=1S/C14H14N2O3/c17-13(18)8-11-9-15-12(16-14(11)19)7-6-10-4-2-1-3-5-10/h1-5,9H,6-8H2,(H,17,18)(H,15,16,19). The summed E-state index contributed by atoms with van der Waals surface area (Å²) in [6.45, 7) is 0. The third-order valence-electron chi connectivity index (χ3n) is 2.76. The van der Waals surface area contributed by atoms with Crippen molar-refractivity contribution in [2.45, 2.75) is 19.3 Å². The van der Waals surface area contributed by atoms with E-state index < -0.39 is 5.97 Å². The molecule has 0 saturated heterocycles. The van der Waals surface area contributed by atoms with Crippen molar-refractivity contribution in [3.8, 4) is 0 Å². The van der Waals surface area contributed by atoms with E-state index in [0.717, 1.165) is 6.42 Å². The normalized spacial score (nSPS) is 10.3. The van der Waals surface area contributed by atoms with Gasteiger partial charge in [0.1, 0.15) is 5.82 Å². The van der Waals surface area contributed by atoms with Gasteiger partial charge in [0, 0.05) is 18.2 Å². The Hall–Kier alpha value is -2.43. The monoisotopic (exact) mass is 258 g/mol. The molecule has 2 N–H and O–H groups in total. The van der Waals surface area contributed by atoms with Crippen LogP contribution in [-0.4, -0.2) is 21.0 Å². The van der Waals surface area contributed by atoms with Gasteiger partial charge in [0.05, 0.1) is 6.42 Å². The Morgan fingerprint density at radius 3 is 2.58 bits per heavy atom. The van der Waals surface area contributed by atoms with Gasteiger partial charge < -0.3 is 10.1 Å². The second-order valence-corrected chi connectivity index (χ2v) is 4.24. The predicted molar refractivity (Wildman–Crippen MR) is 70.0 cm³/mol. The van der Waals surface area contributed by atoms with Gasteiger partial charge in [0.15, 0.2) is 0 Å². The molecule has 5 heteroatoms. The zero-order valence-corrected chi connectivity index (χ0v) is 10.3. The quantitative estimate of drug-likeness (QED) is 0.843. The molecule has 0 aliphatic rings. The average Bonchev–Trinajstić information content (AvgIpc) is 2.40. The second kappa shape index (κ2) is 5.95. The van der Waals surface area contributed by atoms with Crippen LogP contribution in [-0.2, 0) is 24.1 Å². The lowest BCUT2D eigenvalue weighted by Gasteiger charge is -2.02. The number of aromatic nitrogens is 2. The highest BCUT2D eigenvalue weighted by Gasteiger charge is 2.07. The summed E-state index contributed by atoms with van der Waals surface area (Å²) in [4.78, 5) is 28.9. The number of carbonyl (C=O) groups is 1. The minimum atomic E-state index is -1.04. The lowest BCUT2D eigenvalue weighted by molar-refractivity contribution is -0.136. The molecule has 1 heterocycles. The van der Waals surface area contributed by atoms with Crippen molar-refractivity contribution in [3.05, 3.63) is 63.8 Å². The Kier molecular flexibility index (Phi) is 4.07. The summed E-state index contributed by atoms with van der Waals surface area (Å²) in [6.07, 6.45) is 2.43. The summed E-state index contributed by atoms with van der Waals surface area (Å²) >= 11 is 0. The molecule has 0 aliphatic heterocycles. The molecule has 0 unspecified atom stereocenters. The summed E-state index contributed by atoms with van der Waals surface area (Å²) < 4.78 is 0. The van der Waals surface area contributed by atoms with Crippen LogP contribution in [0.5, 0.6) is 0 Å². The summed E-state index contributed by atoms with van der Waals surface area (Å²) in [5.74, 6) is -0.465. The van der Waals surface area contributed by atoms with Crippen LogP contribution in [0.1, 0.15) is 17.0 Å². The molecule has 0 radical (unpaired) electrons. The number of aromatic amines is 1. The number of aliphatic carboxylic acids is 1. The molecule has 98 valence electrons. The molecular formula is C14H14N2O3. The maximum absolute atomic E-state index is 11.6. The van der Waals surface area contributed by atoms with E-state index in [4.69, 9.17) is 5.11 Å². The van der Waals surface area contributed by atoms with Crippen LogP contribution in [0.4, 0.5) is 0 Å². The Morgan fingerprint density at radius 1 is 1.21 bits per heavy atom. The number of hydrogen-bond donors (Lipinski definition) is 2. The van der Waals surface area contributed by atoms with E-state index >= 15 is 0 Å². The van der Waals surface area contributed by atoms with Gasteiger partial charge in [0.25, 0.3) is 5.56 Å². The van der Waals surface area contributed by atoms with Crippen LogP contribution in [0.25, 0.3) is 0 Å². The van der Waals surface area contributed by atoms with Crippen LogP contribution in [0.15, 0.2) is 41.3 Å². The van der Waals surface area contributed by atoms with E-state index in [2.05, 4.69) is 9.97 Å². The van der Waals surface area contributed by atoms with Gasteiger partial charge in [-0.2, -0.15) is 0 Å². The Morgan fingerprint density at radius 2 is 1.95 bits per heavy atom. The third kappa shape index (κ3) is 3.77. The fourth-order valence-corrected chi connectivity index (χ4v) is 1.78. The highest BCUT2D eigenvalue weighted by Crippen LogP contribution is 2.03. The summed E-state index contributed by atoms with van der Waals surface area (Å²) in [6, 6.07) is 9.89. The number of nitrogens with zero attached hydrogens (tertiary/aromatic N) is 1. The topological polar surface area (TPSA) is 83.0 Å². The van der Waals surface area contributed by atoms with Gasteiger partial charge in [-0.05, 0) is 12.0 Å². The number of nitrogens with one attached hydrogen (secondary N) is 1. The van der Waals surface area contributed by atoms with Crippen LogP contribution < -0.4 is 5.56 Å². The first-order valence-corrected chi connectivity index (χ1v) is 5.98. The van der Waals surface area contributed by atoms with Gasteiger partial charge in [-0.15, -0.1) is 0 Å². The Labute approximate surface area is 110 Å². The minimum absolute atomic E-state index is 0.177. The lowest BCUT2D eigenvalue weighted by atomic mass is 10.1. The fraction of sp³-hybridized carbons (Fsp3) is 0.214. The first-order valence-electron chi connectivity index (χ1n) is 5.98. The second-order valence-electron chi connectivity index (χ2n) is 4.24.